The monoisotopic (exact) mass is 270 g/mol. The molecule has 0 atom stereocenters. The van der Waals surface area contributed by atoms with Crippen LogP contribution in [0.4, 0.5) is 11.4 Å². The Labute approximate surface area is 120 Å². The summed E-state index contributed by atoms with van der Waals surface area (Å²) in [6, 6.07) is 8.78. The highest BCUT2D eigenvalue weighted by atomic mass is 15.2. The van der Waals surface area contributed by atoms with Crippen LogP contribution in [0.1, 0.15) is 12.8 Å². The molecule has 1 fully saturated rings. The molecule has 0 saturated carbocycles. The molecule has 3 rings (SSSR count). The number of benzene rings is 1. The number of rotatable bonds is 2. The van der Waals surface area contributed by atoms with Crippen molar-refractivity contribution in [1.29, 1.82) is 0 Å². The van der Waals surface area contributed by atoms with Crippen LogP contribution in [0.15, 0.2) is 30.5 Å². The summed E-state index contributed by atoms with van der Waals surface area (Å²) >= 11 is 0. The van der Waals surface area contributed by atoms with E-state index in [4.69, 9.17) is 5.73 Å². The number of nitrogens with zero attached hydrogens (tertiary/aromatic N) is 3. The summed E-state index contributed by atoms with van der Waals surface area (Å²) in [7, 11) is 4.38. The molecule has 2 aromatic rings. The van der Waals surface area contributed by atoms with Crippen molar-refractivity contribution in [3.8, 4) is 0 Å². The van der Waals surface area contributed by atoms with Crippen LogP contribution in [0, 0.1) is 0 Å². The predicted molar refractivity (Wildman–Crippen MR) is 85.1 cm³/mol. The van der Waals surface area contributed by atoms with Crippen molar-refractivity contribution in [2.24, 2.45) is 0 Å². The lowest BCUT2D eigenvalue weighted by Crippen LogP contribution is -2.42. The van der Waals surface area contributed by atoms with E-state index in [1.54, 1.807) is 6.20 Å². The minimum atomic E-state index is 0.596. The molecule has 106 valence electrons. The first kappa shape index (κ1) is 13.2. The average molecular weight is 270 g/mol. The van der Waals surface area contributed by atoms with Gasteiger partial charge in [0.1, 0.15) is 0 Å². The van der Waals surface area contributed by atoms with Crippen LogP contribution in [0.3, 0.4) is 0 Å². The van der Waals surface area contributed by atoms with E-state index >= 15 is 0 Å². The molecule has 0 spiro atoms. The summed E-state index contributed by atoms with van der Waals surface area (Å²) in [5.41, 5.74) is 8.93. The zero-order valence-corrected chi connectivity index (χ0v) is 12.2. The number of hydrogen-bond donors (Lipinski definition) is 1. The van der Waals surface area contributed by atoms with Crippen molar-refractivity contribution in [3.63, 3.8) is 0 Å². The van der Waals surface area contributed by atoms with Crippen LogP contribution in [-0.2, 0) is 0 Å². The molecule has 4 heteroatoms. The highest BCUT2D eigenvalue weighted by Gasteiger charge is 2.22. The number of likely N-dealkylation sites (tertiary alicyclic amines) is 1. The molecule has 4 nitrogen and oxygen atoms in total. The number of aromatic nitrogens is 1. The van der Waals surface area contributed by atoms with Crippen LogP contribution in [0.5, 0.6) is 0 Å². The Morgan fingerprint density at radius 2 is 2.00 bits per heavy atom. The van der Waals surface area contributed by atoms with Crippen molar-refractivity contribution in [3.05, 3.63) is 30.5 Å². The van der Waals surface area contributed by atoms with E-state index < -0.39 is 0 Å². The van der Waals surface area contributed by atoms with Gasteiger partial charge in [0.25, 0.3) is 0 Å². The average Bonchev–Trinajstić information content (AvgIpc) is 2.48. The second-order valence-corrected chi connectivity index (χ2v) is 5.72. The van der Waals surface area contributed by atoms with E-state index in [2.05, 4.69) is 41.0 Å². The molecule has 0 unspecified atom stereocenters. The first-order valence-corrected chi connectivity index (χ1v) is 7.21. The number of pyridine rings is 1. The third-order valence-electron chi connectivity index (χ3n) is 4.39. The lowest BCUT2D eigenvalue weighted by atomic mass is 10.0. The number of hydrogen-bond acceptors (Lipinski definition) is 4. The van der Waals surface area contributed by atoms with Crippen LogP contribution in [0.25, 0.3) is 10.9 Å². The fraction of sp³-hybridized carbons (Fsp3) is 0.438. The fourth-order valence-electron chi connectivity index (χ4n) is 3.07. The minimum absolute atomic E-state index is 0.596. The Kier molecular flexibility index (Phi) is 3.49. The molecule has 1 aliphatic rings. The third-order valence-corrected chi connectivity index (χ3v) is 4.39. The van der Waals surface area contributed by atoms with Crippen LogP contribution < -0.4 is 10.6 Å². The molecule has 20 heavy (non-hydrogen) atoms. The number of piperidine rings is 1. The normalized spacial score (nSPS) is 17.5. The molecule has 2 N–H and O–H groups in total. The first-order valence-electron chi connectivity index (χ1n) is 7.21. The van der Waals surface area contributed by atoms with Gasteiger partial charge in [-0.15, -0.1) is 0 Å². The van der Waals surface area contributed by atoms with Gasteiger partial charge in [-0.3, -0.25) is 4.98 Å². The van der Waals surface area contributed by atoms with Gasteiger partial charge >= 0.3 is 0 Å². The molecular weight excluding hydrogens is 248 g/mol. The Balaban J connectivity index is 1.95. The molecule has 1 saturated heterocycles. The van der Waals surface area contributed by atoms with Crippen molar-refractivity contribution in [1.82, 2.24) is 9.88 Å². The number of anilines is 2. The van der Waals surface area contributed by atoms with E-state index in [9.17, 15) is 0 Å². The Morgan fingerprint density at radius 3 is 2.75 bits per heavy atom. The van der Waals surface area contributed by atoms with E-state index in [0.717, 1.165) is 16.6 Å². The van der Waals surface area contributed by atoms with Gasteiger partial charge in [0.2, 0.25) is 0 Å². The molecule has 1 aromatic heterocycles. The van der Waals surface area contributed by atoms with Gasteiger partial charge in [-0.2, -0.15) is 0 Å². The van der Waals surface area contributed by atoms with Crippen LogP contribution in [0.2, 0.25) is 0 Å². The molecule has 1 aromatic carbocycles. The van der Waals surface area contributed by atoms with Gasteiger partial charge in [0.05, 0.1) is 11.2 Å². The zero-order chi connectivity index (χ0) is 14.1. The van der Waals surface area contributed by atoms with E-state index in [1.165, 1.54) is 31.6 Å². The lowest BCUT2D eigenvalue weighted by Gasteiger charge is -2.36. The maximum absolute atomic E-state index is 6.03. The summed E-state index contributed by atoms with van der Waals surface area (Å²) in [4.78, 5) is 9.22. The molecule has 0 bridgehead atoms. The molecule has 0 aliphatic carbocycles. The smallest absolute Gasteiger partial charge is 0.0951 e. The quantitative estimate of drug-likeness (QED) is 0.851. The number of fused-ring (bicyclic) bond motifs is 1. The fourth-order valence-corrected chi connectivity index (χ4v) is 3.07. The van der Waals surface area contributed by atoms with E-state index in [1.807, 2.05) is 12.1 Å². The molecule has 2 heterocycles. The van der Waals surface area contributed by atoms with Crippen molar-refractivity contribution in [2.75, 3.05) is 37.8 Å². The second-order valence-electron chi connectivity index (χ2n) is 5.72. The molecular formula is C16H22N4. The van der Waals surface area contributed by atoms with Crippen LogP contribution in [-0.4, -0.2) is 43.1 Å². The Morgan fingerprint density at radius 1 is 1.25 bits per heavy atom. The second kappa shape index (κ2) is 5.29. The van der Waals surface area contributed by atoms with Crippen molar-refractivity contribution in [2.45, 2.75) is 18.9 Å². The summed E-state index contributed by atoms with van der Waals surface area (Å²) in [5, 5.41) is 1.15. The SMILES string of the molecule is CN1CCC(N(C)c2ccc(N)c3ncccc23)CC1. The molecule has 1 aliphatic heterocycles. The van der Waals surface area contributed by atoms with Gasteiger partial charge in [0.15, 0.2) is 0 Å². The Bertz CT molecular complexity index is 602. The van der Waals surface area contributed by atoms with Gasteiger partial charge in [-0.25, -0.2) is 0 Å². The largest absolute Gasteiger partial charge is 0.397 e. The number of nitrogens with two attached hydrogens (primary N) is 1. The standard InChI is InChI=1S/C16H22N4/c1-19-10-7-12(8-11-19)20(2)15-6-5-14(17)16-13(15)4-3-9-18-16/h3-6,9,12H,7-8,10-11,17H2,1-2H3. The maximum atomic E-state index is 6.03. The molecule has 0 radical (unpaired) electrons. The van der Waals surface area contributed by atoms with Crippen molar-refractivity contribution < 1.29 is 0 Å². The zero-order valence-electron chi connectivity index (χ0n) is 12.2. The highest BCUT2D eigenvalue weighted by molar-refractivity contribution is 5.98. The third kappa shape index (κ3) is 2.31. The van der Waals surface area contributed by atoms with Gasteiger partial charge in [0, 0.05) is 30.4 Å². The van der Waals surface area contributed by atoms with E-state index in [0.29, 0.717) is 6.04 Å². The summed E-state index contributed by atoms with van der Waals surface area (Å²) in [6.45, 7) is 2.33. The van der Waals surface area contributed by atoms with Gasteiger partial charge < -0.3 is 15.5 Å². The molecule has 0 amide bonds. The van der Waals surface area contributed by atoms with Gasteiger partial charge in [-0.1, -0.05) is 0 Å². The number of nitrogen functional groups attached to an aromatic ring is 1. The summed E-state index contributed by atoms with van der Waals surface area (Å²) in [5.74, 6) is 0. The van der Waals surface area contributed by atoms with Crippen molar-refractivity contribution >= 4 is 22.3 Å². The summed E-state index contributed by atoms with van der Waals surface area (Å²) in [6.07, 6.45) is 4.22. The van der Waals surface area contributed by atoms with E-state index in [-0.39, 0.29) is 0 Å². The minimum Gasteiger partial charge on any atom is -0.397 e. The summed E-state index contributed by atoms with van der Waals surface area (Å²) < 4.78 is 0. The van der Waals surface area contributed by atoms with Gasteiger partial charge in [-0.05, 0) is 57.2 Å². The first-order chi connectivity index (χ1) is 9.66. The highest BCUT2D eigenvalue weighted by Crippen LogP contribution is 2.31. The maximum Gasteiger partial charge on any atom is 0.0951 e. The Hall–Kier alpha value is -1.81. The van der Waals surface area contributed by atoms with Crippen LogP contribution >= 0.6 is 0 Å². The topological polar surface area (TPSA) is 45.4 Å². The predicted octanol–water partition coefficient (Wildman–Crippen LogP) is 2.35. The lowest BCUT2D eigenvalue weighted by molar-refractivity contribution is 0.253.